The highest BCUT2D eigenvalue weighted by atomic mass is 32.1. The fourth-order valence-corrected chi connectivity index (χ4v) is 4.89. The van der Waals surface area contributed by atoms with E-state index in [-0.39, 0.29) is 11.3 Å². The third-order valence-corrected chi connectivity index (χ3v) is 7.04. The number of nitrogens with one attached hydrogen (secondary N) is 1. The summed E-state index contributed by atoms with van der Waals surface area (Å²) >= 11 is 0.904. The molecule has 1 saturated carbocycles. The van der Waals surface area contributed by atoms with Crippen molar-refractivity contribution in [1.29, 1.82) is 0 Å². The Hall–Kier alpha value is -3.58. The molecule has 3 nitrogen and oxygen atoms in total. The summed E-state index contributed by atoms with van der Waals surface area (Å²) in [5.41, 5.74) is 4.55. The Morgan fingerprint density at radius 1 is 0.914 bits per heavy atom. The second kappa shape index (κ2) is 9.58. The Balaban J connectivity index is 1.29. The molecular formula is C28H22F3NO2S. The second-order valence-electron chi connectivity index (χ2n) is 8.61. The minimum atomic E-state index is -0.965. The second-order valence-corrected chi connectivity index (χ2v) is 9.61. The van der Waals surface area contributed by atoms with E-state index in [1.54, 1.807) is 0 Å². The van der Waals surface area contributed by atoms with E-state index in [4.69, 9.17) is 4.74 Å². The maximum atomic E-state index is 14.1. The molecule has 35 heavy (non-hydrogen) atoms. The van der Waals surface area contributed by atoms with Gasteiger partial charge in [0, 0.05) is 17.7 Å². The third kappa shape index (κ3) is 5.25. The lowest BCUT2D eigenvalue weighted by Gasteiger charge is -2.15. The molecule has 1 atom stereocenters. The number of rotatable bonds is 6. The number of carbonyl (C=O) groups excluding carboxylic acids is 1. The molecule has 0 spiro atoms. The zero-order valence-electron chi connectivity index (χ0n) is 18.9. The summed E-state index contributed by atoms with van der Waals surface area (Å²) in [6.45, 7) is 1.47. The molecule has 5 rings (SSSR count). The lowest BCUT2D eigenvalue weighted by molar-refractivity contribution is 0.119. The van der Waals surface area contributed by atoms with E-state index in [2.05, 4.69) is 29.6 Å². The van der Waals surface area contributed by atoms with Gasteiger partial charge in [-0.3, -0.25) is 5.32 Å². The molecule has 0 bridgehead atoms. The first-order chi connectivity index (χ1) is 16.9. The van der Waals surface area contributed by atoms with Crippen LogP contribution in [0.15, 0.2) is 72.8 Å². The van der Waals surface area contributed by atoms with Crippen molar-refractivity contribution in [2.45, 2.75) is 31.8 Å². The van der Waals surface area contributed by atoms with Crippen molar-refractivity contribution in [3.63, 3.8) is 0 Å². The summed E-state index contributed by atoms with van der Waals surface area (Å²) in [5, 5.41) is 2.08. The van der Waals surface area contributed by atoms with Gasteiger partial charge in [-0.05, 0) is 60.1 Å². The highest BCUT2D eigenvalue weighted by Gasteiger charge is 2.23. The van der Waals surface area contributed by atoms with Crippen LogP contribution < -0.4 is 5.32 Å². The van der Waals surface area contributed by atoms with Crippen molar-refractivity contribution in [1.82, 2.24) is 0 Å². The number of thiophene rings is 1. The van der Waals surface area contributed by atoms with Crippen LogP contribution in [0.25, 0.3) is 21.6 Å². The number of amides is 1. The van der Waals surface area contributed by atoms with Crippen molar-refractivity contribution in [3.8, 4) is 21.6 Å². The molecule has 178 valence electrons. The summed E-state index contributed by atoms with van der Waals surface area (Å²) < 4.78 is 46.5. The highest BCUT2D eigenvalue weighted by Crippen LogP contribution is 2.41. The van der Waals surface area contributed by atoms with Gasteiger partial charge in [0.05, 0.1) is 10.6 Å². The van der Waals surface area contributed by atoms with Crippen LogP contribution in [-0.2, 0) is 4.74 Å². The van der Waals surface area contributed by atoms with Gasteiger partial charge in [0.2, 0.25) is 0 Å². The molecule has 0 aliphatic heterocycles. The minimum Gasteiger partial charge on any atom is -0.441 e. The molecule has 0 radical (unpaired) electrons. The molecule has 1 aliphatic rings. The predicted molar refractivity (Wildman–Crippen MR) is 132 cm³/mol. The number of anilines is 1. The highest BCUT2D eigenvalue weighted by molar-refractivity contribution is 7.14. The normalized spacial score (nSPS) is 13.9. The molecule has 7 heteroatoms. The molecule has 1 heterocycles. The largest absolute Gasteiger partial charge is 0.441 e. The van der Waals surface area contributed by atoms with Crippen molar-refractivity contribution < 1.29 is 22.7 Å². The van der Waals surface area contributed by atoms with Crippen LogP contribution >= 0.6 is 11.3 Å². The van der Waals surface area contributed by atoms with Gasteiger partial charge in [0.1, 0.15) is 17.7 Å². The van der Waals surface area contributed by atoms with Gasteiger partial charge in [-0.2, -0.15) is 4.39 Å². The summed E-state index contributed by atoms with van der Waals surface area (Å²) in [6.07, 6.45) is 0.690. The Morgan fingerprint density at radius 2 is 1.54 bits per heavy atom. The molecule has 0 unspecified atom stereocenters. The average molecular weight is 494 g/mol. The SMILES string of the molecule is C[C@@H](OC(=O)Nc1cc(F)sc1-c1ccc(-c2ccc(C3CC3)cc2)cc1)c1ccc(F)cc1F. The molecule has 1 fully saturated rings. The monoisotopic (exact) mass is 493 g/mol. The maximum absolute atomic E-state index is 14.1. The standard InChI is InChI=1S/C28H22F3NO2S/c1-16(23-13-12-22(29)14-24(23)30)34-28(33)32-25-15-26(31)35-27(25)21-10-8-20(9-11-21)19-6-4-18(5-7-19)17-2-3-17/h4-17H,2-3H2,1H3,(H,32,33)/t16-/m1/s1. The maximum Gasteiger partial charge on any atom is 0.412 e. The molecule has 1 aliphatic carbocycles. The van der Waals surface area contributed by atoms with Gasteiger partial charge in [-0.25, -0.2) is 13.6 Å². The van der Waals surface area contributed by atoms with Gasteiger partial charge in [-0.1, -0.05) is 48.5 Å². The Morgan fingerprint density at radius 3 is 2.17 bits per heavy atom. The predicted octanol–water partition coefficient (Wildman–Crippen LogP) is 8.69. The molecule has 1 aromatic heterocycles. The first kappa shape index (κ1) is 23.2. The van der Waals surface area contributed by atoms with Crippen LogP contribution in [-0.4, -0.2) is 6.09 Å². The fraction of sp³-hybridized carbons (Fsp3) is 0.179. The summed E-state index contributed by atoms with van der Waals surface area (Å²) in [4.78, 5) is 13.0. The zero-order valence-corrected chi connectivity index (χ0v) is 19.7. The van der Waals surface area contributed by atoms with Gasteiger partial charge < -0.3 is 4.74 Å². The van der Waals surface area contributed by atoms with E-state index < -0.39 is 29.0 Å². The lowest BCUT2D eigenvalue weighted by atomic mass is 10.0. The van der Waals surface area contributed by atoms with Gasteiger partial charge >= 0.3 is 6.09 Å². The third-order valence-electron chi connectivity index (χ3n) is 6.06. The van der Waals surface area contributed by atoms with Crippen LogP contribution in [0.3, 0.4) is 0 Å². The van der Waals surface area contributed by atoms with Crippen molar-refractivity contribution in [3.05, 3.63) is 101 Å². The van der Waals surface area contributed by atoms with Gasteiger partial charge in [0.25, 0.3) is 0 Å². The van der Waals surface area contributed by atoms with E-state index in [0.29, 0.717) is 10.8 Å². The Kier molecular flexibility index (Phi) is 6.34. The molecule has 1 N–H and O–H groups in total. The van der Waals surface area contributed by atoms with Crippen LogP contribution in [0.1, 0.15) is 42.9 Å². The molecule has 3 aromatic carbocycles. The van der Waals surface area contributed by atoms with Crippen LogP contribution in [0.4, 0.5) is 23.7 Å². The topological polar surface area (TPSA) is 38.3 Å². The number of hydrogen-bond acceptors (Lipinski definition) is 3. The first-order valence-corrected chi connectivity index (χ1v) is 12.1. The summed E-state index contributed by atoms with van der Waals surface area (Å²) in [7, 11) is 0. The smallest absolute Gasteiger partial charge is 0.412 e. The molecule has 0 saturated heterocycles. The summed E-state index contributed by atoms with van der Waals surface area (Å²) in [6, 6.07) is 20.5. The van der Waals surface area contributed by atoms with Crippen LogP contribution in [0, 0.1) is 16.8 Å². The van der Waals surface area contributed by atoms with Gasteiger partial charge in [0.15, 0.2) is 5.13 Å². The van der Waals surface area contributed by atoms with E-state index in [9.17, 15) is 18.0 Å². The molecular weight excluding hydrogens is 471 g/mol. The van der Waals surface area contributed by atoms with E-state index in [1.165, 1.54) is 37.5 Å². The van der Waals surface area contributed by atoms with Crippen molar-refractivity contribution >= 4 is 23.1 Å². The van der Waals surface area contributed by atoms with Gasteiger partial charge in [-0.15, -0.1) is 11.3 Å². The Labute approximate surface area is 205 Å². The van der Waals surface area contributed by atoms with E-state index >= 15 is 0 Å². The Bertz CT molecular complexity index is 1360. The average Bonchev–Trinajstić information content (AvgIpc) is 3.62. The van der Waals surface area contributed by atoms with Crippen LogP contribution in [0.2, 0.25) is 0 Å². The first-order valence-electron chi connectivity index (χ1n) is 11.3. The number of carbonyl (C=O) groups is 1. The minimum absolute atomic E-state index is 0.0408. The van der Waals surface area contributed by atoms with Crippen molar-refractivity contribution in [2.75, 3.05) is 5.32 Å². The number of ether oxygens (including phenoxy) is 1. The quantitative estimate of drug-likeness (QED) is 0.292. The number of hydrogen-bond donors (Lipinski definition) is 1. The number of benzene rings is 3. The molecule has 4 aromatic rings. The number of halogens is 3. The van der Waals surface area contributed by atoms with E-state index in [0.717, 1.165) is 40.2 Å². The van der Waals surface area contributed by atoms with Crippen molar-refractivity contribution in [2.24, 2.45) is 0 Å². The molecule has 1 amide bonds. The summed E-state index contributed by atoms with van der Waals surface area (Å²) in [5.74, 6) is -0.826. The van der Waals surface area contributed by atoms with E-state index in [1.807, 2.05) is 24.3 Å². The zero-order chi connectivity index (χ0) is 24.5. The lowest BCUT2D eigenvalue weighted by Crippen LogP contribution is -2.16. The van der Waals surface area contributed by atoms with Crippen LogP contribution in [0.5, 0.6) is 0 Å². The fourth-order valence-electron chi connectivity index (χ4n) is 4.04.